The molecule has 3 heterocycles. The summed E-state index contributed by atoms with van der Waals surface area (Å²) in [5.41, 5.74) is 2.85. The third kappa shape index (κ3) is 4.38. The first kappa shape index (κ1) is 21.0. The minimum atomic E-state index is -0.178. The molecular weight excluding hydrogens is 438 g/mol. The zero-order valence-corrected chi connectivity index (χ0v) is 18.6. The molecule has 1 aliphatic rings. The highest BCUT2D eigenvalue weighted by Gasteiger charge is 2.34. The van der Waals surface area contributed by atoms with Crippen molar-refractivity contribution in [1.29, 1.82) is 0 Å². The monoisotopic (exact) mass is 459 g/mol. The highest BCUT2D eigenvalue weighted by atomic mass is 35.5. The lowest BCUT2D eigenvalue weighted by Crippen LogP contribution is -2.30. The first-order chi connectivity index (χ1) is 16.1. The third-order valence-electron chi connectivity index (χ3n) is 5.57. The molecule has 4 aromatic rings. The number of carbonyl (C=O) groups is 1. The number of rotatable bonds is 6. The van der Waals surface area contributed by atoms with Gasteiger partial charge in [-0.2, -0.15) is 4.98 Å². The maximum Gasteiger partial charge on any atom is 0.323 e. The molecule has 1 fully saturated rings. The van der Waals surface area contributed by atoms with Crippen LogP contribution >= 0.6 is 11.6 Å². The van der Waals surface area contributed by atoms with E-state index < -0.39 is 0 Å². The van der Waals surface area contributed by atoms with Crippen molar-refractivity contribution in [3.05, 3.63) is 95.7 Å². The number of hydrogen-bond donors (Lipinski definition) is 2. The normalized spacial score (nSPS) is 16.5. The summed E-state index contributed by atoms with van der Waals surface area (Å²) in [6, 6.07) is 18.8. The number of urea groups is 1. The van der Waals surface area contributed by atoms with Crippen LogP contribution in [0.5, 0.6) is 0 Å². The second kappa shape index (κ2) is 8.91. The van der Waals surface area contributed by atoms with Gasteiger partial charge in [0.25, 0.3) is 0 Å². The van der Waals surface area contributed by atoms with Crippen molar-refractivity contribution >= 4 is 29.4 Å². The predicted molar refractivity (Wildman–Crippen MR) is 128 cm³/mol. The van der Waals surface area contributed by atoms with Gasteiger partial charge in [-0.3, -0.25) is 4.90 Å². The highest BCUT2D eigenvalue weighted by Crippen LogP contribution is 2.30. The zero-order chi connectivity index (χ0) is 22.8. The average Bonchev–Trinajstić information content (AvgIpc) is 3.48. The Morgan fingerprint density at radius 2 is 1.88 bits per heavy atom. The Morgan fingerprint density at radius 1 is 1.09 bits per heavy atom. The number of amides is 2. The molecule has 1 saturated heterocycles. The fourth-order valence-electron chi connectivity index (χ4n) is 3.84. The van der Waals surface area contributed by atoms with E-state index >= 15 is 0 Å². The SMILES string of the molecule is CC(Nc1nccc(N2C(=O)NC[C@@H]2c2ccccc2)n1)c1cn(-c2ccc(Cl)cc2)cn1. The topological polar surface area (TPSA) is 88.0 Å². The molecule has 33 heavy (non-hydrogen) atoms. The molecule has 2 amide bonds. The van der Waals surface area contributed by atoms with E-state index in [0.717, 1.165) is 16.9 Å². The molecule has 2 aromatic heterocycles. The van der Waals surface area contributed by atoms with Gasteiger partial charge >= 0.3 is 6.03 Å². The maximum atomic E-state index is 12.6. The maximum absolute atomic E-state index is 12.6. The van der Waals surface area contributed by atoms with E-state index in [2.05, 4.69) is 25.6 Å². The fourth-order valence-corrected chi connectivity index (χ4v) is 3.97. The molecule has 2 atom stereocenters. The van der Waals surface area contributed by atoms with Crippen LogP contribution in [0.3, 0.4) is 0 Å². The summed E-state index contributed by atoms with van der Waals surface area (Å²) in [5, 5.41) is 6.88. The summed E-state index contributed by atoms with van der Waals surface area (Å²) < 4.78 is 1.93. The number of hydrogen-bond acceptors (Lipinski definition) is 5. The van der Waals surface area contributed by atoms with Gasteiger partial charge in [0.1, 0.15) is 5.82 Å². The van der Waals surface area contributed by atoms with E-state index in [1.165, 1.54) is 0 Å². The van der Waals surface area contributed by atoms with Crippen molar-refractivity contribution in [3.63, 3.8) is 0 Å². The third-order valence-corrected chi connectivity index (χ3v) is 5.82. The van der Waals surface area contributed by atoms with Gasteiger partial charge in [0.05, 0.1) is 24.1 Å². The molecule has 9 heteroatoms. The molecule has 0 radical (unpaired) electrons. The first-order valence-electron chi connectivity index (χ1n) is 10.6. The molecule has 1 aliphatic heterocycles. The molecule has 0 bridgehead atoms. The van der Waals surface area contributed by atoms with Gasteiger partial charge < -0.3 is 15.2 Å². The summed E-state index contributed by atoms with van der Waals surface area (Å²) in [6.45, 7) is 2.51. The van der Waals surface area contributed by atoms with Gasteiger partial charge in [-0.1, -0.05) is 41.9 Å². The number of nitrogens with one attached hydrogen (secondary N) is 2. The van der Waals surface area contributed by atoms with Crippen LogP contribution in [0.15, 0.2) is 79.4 Å². The van der Waals surface area contributed by atoms with E-state index in [4.69, 9.17) is 11.6 Å². The van der Waals surface area contributed by atoms with Crippen molar-refractivity contribution in [3.8, 4) is 5.69 Å². The zero-order valence-electron chi connectivity index (χ0n) is 17.9. The first-order valence-corrected chi connectivity index (χ1v) is 11.0. The Balaban J connectivity index is 1.34. The fraction of sp³-hybridized carbons (Fsp3) is 0.167. The van der Waals surface area contributed by atoms with E-state index in [0.29, 0.717) is 23.3 Å². The molecular formula is C24H22ClN7O. The number of benzene rings is 2. The van der Waals surface area contributed by atoms with Crippen LogP contribution in [0.2, 0.25) is 5.02 Å². The van der Waals surface area contributed by atoms with Gasteiger partial charge in [-0.25, -0.2) is 14.8 Å². The molecule has 8 nitrogen and oxygen atoms in total. The highest BCUT2D eigenvalue weighted by molar-refractivity contribution is 6.30. The van der Waals surface area contributed by atoms with Crippen LogP contribution in [0.4, 0.5) is 16.6 Å². The quantitative estimate of drug-likeness (QED) is 0.434. The minimum absolute atomic E-state index is 0.131. The second-order valence-electron chi connectivity index (χ2n) is 7.77. The Morgan fingerprint density at radius 3 is 2.67 bits per heavy atom. The second-order valence-corrected chi connectivity index (χ2v) is 8.21. The molecule has 2 N–H and O–H groups in total. The number of halogens is 1. The lowest BCUT2D eigenvalue weighted by molar-refractivity contribution is 0.251. The summed E-state index contributed by atoms with van der Waals surface area (Å²) in [6.07, 6.45) is 5.36. The molecule has 0 aliphatic carbocycles. The van der Waals surface area contributed by atoms with Crippen LogP contribution in [-0.4, -0.2) is 32.1 Å². The molecule has 0 saturated carbocycles. The predicted octanol–water partition coefficient (Wildman–Crippen LogP) is 4.76. The van der Waals surface area contributed by atoms with Crippen molar-refractivity contribution in [1.82, 2.24) is 24.8 Å². The van der Waals surface area contributed by atoms with Crippen LogP contribution in [0.25, 0.3) is 5.69 Å². The van der Waals surface area contributed by atoms with E-state index in [1.807, 2.05) is 72.3 Å². The Bertz CT molecular complexity index is 1260. The van der Waals surface area contributed by atoms with Crippen LogP contribution in [-0.2, 0) is 0 Å². The molecule has 1 unspecified atom stereocenters. The Kier molecular flexibility index (Phi) is 5.66. The standard InChI is InChI=1S/C24H22ClN7O/c1-16(20-14-31(15-28-20)19-9-7-18(25)8-10-19)29-23-26-12-11-22(30-23)32-21(13-27-24(32)33)17-5-3-2-4-6-17/h2-12,14-16,21H,13H2,1H3,(H,27,33)(H,26,29,30)/t16?,21-/m1/s1. The van der Waals surface area contributed by atoms with Gasteiger partial charge in [0.2, 0.25) is 5.95 Å². The summed E-state index contributed by atoms with van der Waals surface area (Å²) in [5.74, 6) is 0.961. The van der Waals surface area contributed by atoms with Crippen LogP contribution in [0.1, 0.15) is 30.3 Å². The minimum Gasteiger partial charge on any atom is -0.346 e. The van der Waals surface area contributed by atoms with Crippen molar-refractivity contribution in [2.75, 3.05) is 16.8 Å². The van der Waals surface area contributed by atoms with E-state index in [9.17, 15) is 4.79 Å². The van der Waals surface area contributed by atoms with E-state index in [1.54, 1.807) is 23.5 Å². The van der Waals surface area contributed by atoms with Crippen LogP contribution in [0, 0.1) is 0 Å². The summed E-state index contributed by atoms with van der Waals surface area (Å²) in [7, 11) is 0. The number of anilines is 2. The van der Waals surface area contributed by atoms with Crippen molar-refractivity contribution in [2.24, 2.45) is 0 Å². The molecule has 166 valence electrons. The van der Waals surface area contributed by atoms with Gasteiger partial charge in [0.15, 0.2) is 0 Å². The molecule has 5 rings (SSSR count). The van der Waals surface area contributed by atoms with Crippen molar-refractivity contribution < 1.29 is 4.79 Å². The smallest absolute Gasteiger partial charge is 0.323 e. The van der Waals surface area contributed by atoms with Crippen LogP contribution < -0.4 is 15.5 Å². The Hall–Kier alpha value is -3.91. The van der Waals surface area contributed by atoms with E-state index in [-0.39, 0.29) is 18.1 Å². The van der Waals surface area contributed by atoms with Gasteiger partial charge in [0, 0.05) is 29.6 Å². The molecule has 0 spiro atoms. The lowest BCUT2D eigenvalue weighted by atomic mass is 10.1. The number of nitrogens with zero attached hydrogens (tertiary/aromatic N) is 5. The van der Waals surface area contributed by atoms with Crippen molar-refractivity contribution in [2.45, 2.75) is 19.0 Å². The number of imidazole rings is 1. The largest absolute Gasteiger partial charge is 0.346 e. The molecule has 2 aromatic carbocycles. The number of aromatic nitrogens is 4. The summed E-state index contributed by atoms with van der Waals surface area (Å²) in [4.78, 5) is 27.7. The van der Waals surface area contributed by atoms with Gasteiger partial charge in [-0.15, -0.1) is 0 Å². The number of carbonyl (C=O) groups excluding carboxylic acids is 1. The average molecular weight is 460 g/mol. The lowest BCUT2D eigenvalue weighted by Gasteiger charge is -2.23. The Labute approximate surface area is 196 Å². The summed E-state index contributed by atoms with van der Waals surface area (Å²) >= 11 is 5.98. The van der Waals surface area contributed by atoms with Gasteiger partial charge in [-0.05, 0) is 42.8 Å².